The van der Waals surface area contributed by atoms with Crippen molar-refractivity contribution >= 4 is 22.4 Å². The van der Waals surface area contributed by atoms with Crippen molar-refractivity contribution in [3.63, 3.8) is 0 Å². The van der Waals surface area contributed by atoms with Crippen molar-refractivity contribution in [2.45, 2.75) is 0 Å². The Kier molecular flexibility index (Phi) is 4.58. The number of piperazine rings is 1. The van der Waals surface area contributed by atoms with Crippen LogP contribution in [-0.4, -0.2) is 50.3 Å². The molecular weight excluding hydrogens is 326 g/mol. The van der Waals surface area contributed by atoms with E-state index in [1.54, 1.807) is 13.3 Å². The molecular formula is C20H27N5O. The van der Waals surface area contributed by atoms with E-state index in [2.05, 4.69) is 49.8 Å². The zero-order valence-electron chi connectivity index (χ0n) is 15.1. The quantitative estimate of drug-likeness (QED) is 0.751. The molecule has 2 N–H and O–H groups in total. The summed E-state index contributed by atoms with van der Waals surface area (Å²) in [5.41, 5.74) is 3.23. The number of hydrogen-bond donors (Lipinski definition) is 2. The van der Waals surface area contributed by atoms with Crippen LogP contribution in [0.2, 0.25) is 0 Å². The third-order valence-corrected chi connectivity index (χ3v) is 4.77. The Labute approximate surface area is 156 Å². The minimum atomic E-state index is 0. The first-order valence-corrected chi connectivity index (χ1v) is 8.87. The predicted octanol–water partition coefficient (Wildman–Crippen LogP) is 3.25. The molecule has 0 aliphatic carbocycles. The number of fused-ring (bicyclic) bond motifs is 1. The average Bonchev–Trinajstić information content (AvgIpc) is 2.73. The number of anilines is 2. The van der Waals surface area contributed by atoms with Gasteiger partial charge in [-0.1, -0.05) is 6.07 Å². The summed E-state index contributed by atoms with van der Waals surface area (Å²) in [7, 11) is 3.54. The summed E-state index contributed by atoms with van der Waals surface area (Å²) in [6.45, 7) is 3.96. The maximum absolute atomic E-state index is 5.45. The van der Waals surface area contributed by atoms with Crippen molar-refractivity contribution in [2.24, 2.45) is 0 Å². The maximum atomic E-state index is 5.45. The zero-order chi connectivity index (χ0) is 17.9. The zero-order valence-corrected chi connectivity index (χ0v) is 15.1. The van der Waals surface area contributed by atoms with Gasteiger partial charge in [0.05, 0.1) is 12.8 Å². The standard InChI is InChI=1S/C20H23N5O.2H2/c1-21-20-23-6-5-18(24-20)15-11-14-3-4-16(26-2)13-17(14)19(12-15)25-9-7-22-8-10-25;;/h3-6,11-13,22H,7-10H2,1-2H3,(H,21,23,24);2*1H. The van der Waals surface area contributed by atoms with Gasteiger partial charge in [0.15, 0.2) is 0 Å². The molecule has 0 radical (unpaired) electrons. The fourth-order valence-electron chi connectivity index (χ4n) is 3.40. The van der Waals surface area contributed by atoms with E-state index in [0.717, 1.165) is 43.2 Å². The van der Waals surface area contributed by atoms with E-state index in [1.807, 2.05) is 19.2 Å². The summed E-state index contributed by atoms with van der Waals surface area (Å²) < 4.78 is 5.45. The van der Waals surface area contributed by atoms with Gasteiger partial charge in [-0.05, 0) is 35.7 Å². The summed E-state index contributed by atoms with van der Waals surface area (Å²) >= 11 is 0. The Morgan fingerprint density at radius 1 is 1.15 bits per heavy atom. The smallest absolute Gasteiger partial charge is 0.222 e. The van der Waals surface area contributed by atoms with E-state index < -0.39 is 0 Å². The highest BCUT2D eigenvalue weighted by molar-refractivity contribution is 5.98. The highest BCUT2D eigenvalue weighted by Crippen LogP contribution is 2.35. The van der Waals surface area contributed by atoms with Gasteiger partial charge in [0.25, 0.3) is 0 Å². The molecule has 0 unspecified atom stereocenters. The third-order valence-electron chi connectivity index (χ3n) is 4.77. The number of ether oxygens (including phenoxy) is 1. The Bertz CT molecular complexity index is 932. The molecule has 1 aliphatic heterocycles. The van der Waals surface area contributed by atoms with E-state index in [0.29, 0.717) is 5.95 Å². The van der Waals surface area contributed by atoms with Crippen LogP contribution >= 0.6 is 0 Å². The number of hydrogen-bond acceptors (Lipinski definition) is 6. The largest absolute Gasteiger partial charge is 0.497 e. The molecule has 1 fully saturated rings. The molecule has 26 heavy (non-hydrogen) atoms. The van der Waals surface area contributed by atoms with Crippen molar-refractivity contribution in [1.29, 1.82) is 0 Å². The van der Waals surface area contributed by atoms with Gasteiger partial charge in [0.2, 0.25) is 5.95 Å². The van der Waals surface area contributed by atoms with Gasteiger partial charge < -0.3 is 20.3 Å². The van der Waals surface area contributed by atoms with E-state index >= 15 is 0 Å². The first kappa shape index (κ1) is 16.6. The van der Waals surface area contributed by atoms with Gasteiger partial charge >= 0.3 is 0 Å². The number of rotatable bonds is 4. The predicted molar refractivity (Wildman–Crippen MR) is 110 cm³/mol. The van der Waals surface area contributed by atoms with E-state index in [9.17, 15) is 0 Å². The molecule has 6 heteroatoms. The summed E-state index contributed by atoms with van der Waals surface area (Å²) in [5, 5.41) is 8.82. The molecule has 0 atom stereocenters. The molecule has 2 heterocycles. The monoisotopic (exact) mass is 353 g/mol. The minimum absolute atomic E-state index is 0. The second-order valence-corrected chi connectivity index (χ2v) is 6.33. The summed E-state index contributed by atoms with van der Waals surface area (Å²) in [4.78, 5) is 11.3. The lowest BCUT2D eigenvalue weighted by molar-refractivity contribution is 0.415. The number of nitrogens with one attached hydrogen (secondary N) is 2. The number of benzene rings is 2. The molecule has 6 nitrogen and oxygen atoms in total. The Morgan fingerprint density at radius 2 is 2.00 bits per heavy atom. The molecule has 2 aromatic carbocycles. The summed E-state index contributed by atoms with van der Waals surface area (Å²) in [6.07, 6.45) is 1.79. The van der Waals surface area contributed by atoms with Gasteiger partial charge in [-0.25, -0.2) is 9.97 Å². The molecule has 0 spiro atoms. The van der Waals surface area contributed by atoms with E-state index in [-0.39, 0.29) is 2.85 Å². The second-order valence-electron chi connectivity index (χ2n) is 6.33. The van der Waals surface area contributed by atoms with Crippen LogP contribution in [0.5, 0.6) is 5.75 Å². The number of methoxy groups -OCH3 is 1. The fourth-order valence-corrected chi connectivity index (χ4v) is 3.40. The van der Waals surface area contributed by atoms with Crippen LogP contribution in [0.25, 0.3) is 22.0 Å². The van der Waals surface area contributed by atoms with Crippen LogP contribution in [0.1, 0.15) is 2.85 Å². The van der Waals surface area contributed by atoms with E-state index in [4.69, 9.17) is 4.74 Å². The SMILES string of the molecule is CNc1nccc(-c2cc(N3CCNCC3)c3cc(OC)ccc3c2)n1.[HH].[HH]. The van der Waals surface area contributed by atoms with Gasteiger partial charge in [-0.15, -0.1) is 0 Å². The summed E-state index contributed by atoms with van der Waals surface area (Å²) in [6, 6.07) is 12.6. The number of aromatic nitrogens is 2. The highest BCUT2D eigenvalue weighted by Gasteiger charge is 2.16. The molecule has 138 valence electrons. The van der Waals surface area contributed by atoms with Crippen molar-refractivity contribution in [1.82, 2.24) is 15.3 Å². The molecule has 0 amide bonds. The van der Waals surface area contributed by atoms with Crippen LogP contribution < -0.4 is 20.3 Å². The second kappa shape index (κ2) is 7.17. The number of nitrogens with zero attached hydrogens (tertiary/aromatic N) is 3. The minimum Gasteiger partial charge on any atom is -0.497 e. The first-order valence-electron chi connectivity index (χ1n) is 8.87. The molecule has 1 saturated heterocycles. The van der Waals surface area contributed by atoms with Crippen molar-refractivity contribution in [3.05, 3.63) is 42.6 Å². The van der Waals surface area contributed by atoms with Crippen LogP contribution in [0.3, 0.4) is 0 Å². The maximum Gasteiger partial charge on any atom is 0.222 e. The Morgan fingerprint density at radius 3 is 2.77 bits per heavy atom. The van der Waals surface area contributed by atoms with Crippen LogP contribution in [0, 0.1) is 0 Å². The Balaban J connectivity index is 0.00000140. The average molecular weight is 353 g/mol. The summed E-state index contributed by atoms with van der Waals surface area (Å²) in [5.74, 6) is 1.50. The van der Waals surface area contributed by atoms with Crippen molar-refractivity contribution in [3.8, 4) is 17.0 Å². The molecule has 1 aliphatic rings. The van der Waals surface area contributed by atoms with Crippen LogP contribution in [0.4, 0.5) is 11.6 Å². The molecule has 0 bridgehead atoms. The van der Waals surface area contributed by atoms with Gasteiger partial charge in [-0.3, -0.25) is 0 Å². The first-order chi connectivity index (χ1) is 12.8. The third kappa shape index (κ3) is 3.15. The lowest BCUT2D eigenvalue weighted by Gasteiger charge is -2.31. The van der Waals surface area contributed by atoms with Crippen molar-refractivity contribution < 1.29 is 7.59 Å². The van der Waals surface area contributed by atoms with Gasteiger partial charge in [-0.2, -0.15) is 0 Å². The van der Waals surface area contributed by atoms with Crippen LogP contribution in [-0.2, 0) is 0 Å². The molecule has 4 rings (SSSR count). The van der Waals surface area contributed by atoms with Crippen molar-refractivity contribution in [2.75, 3.05) is 50.6 Å². The van der Waals surface area contributed by atoms with E-state index in [1.165, 1.54) is 16.5 Å². The highest BCUT2D eigenvalue weighted by atomic mass is 16.5. The normalized spacial score (nSPS) is 14.5. The lowest BCUT2D eigenvalue weighted by atomic mass is 10.0. The molecule has 1 aromatic heterocycles. The molecule has 0 saturated carbocycles. The topological polar surface area (TPSA) is 62.3 Å². The van der Waals surface area contributed by atoms with Crippen LogP contribution in [0.15, 0.2) is 42.6 Å². The molecule has 3 aromatic rings. The lowest BCUT2D eigenvalue weighted by Crippen LogP contribution is -2.43. The van der Waals surface area contributed by atoms with Gasteiger partial charge in [0.1, 0.15) is 5.75 Å². The Hall–Kier alpha value is -2.86. The van der Waals surface area contributed by atoms with Gasteiger partial charge in [0, 0.05) is 58.9 Å². The fraction of sp³-hybridized carbons (Fsp3) is 0.300.